The first-order valence-corrected chi connectivity index (χ1v) is 8.06. The van der Waals surface area contributed by atoms with Gasteiger partial charge >= 0.3 is 0 Å². The minimum absolute atomic E-state index is 0.413. The monoisotopic (exact) mass is 280 g/mol. The van der Waals surface area contributed by atoms with E-state index in [0.29, 0.717) is 17.5 Å². The van der Waals surface area contributed by atoms with Crippen LogP contribution >= 0.6 is 0 Å². The van der Waals surface area contributed by atoms with Crippen LogP contribution in [0, 0.1) is 17.8 Å². The smallest absolute Gasteiger partial charge is 0.0961 e. The van der Waals surface area contributed by atoms with Crippen molar-refractivity contribution in [3.05, 3.63) is 47.6 Å². The van der Waals surface area contributed by atoms with Crippen LogP contribution in [0.25, 0.3) is 6.08 Å². The zero-order chi connectivity index (χ0) is 15.8. The van der Waals surface area contributed by atoms with Crippen molar-refractivity contribution in [2.75, 3.05) is 0 Å². The SMILES string of the molecule is C=C(C)/C=C\c1cc(B2CC(C)(C)C(C)(C)C2)ccc1C. The molecular formula is C20H29B. The first kappa shape index (κ1) is 16.1. The molecule has 0 N–H and O–H groups in total. The highest BCUT2D eigenvalue weighted by Gasteiger charge is 2.47. The van der Waals surface area contributed by atoms with E-state index in [1.54, 1.807) is 0 Å². The summed E-state index contributed by atoms with van der Waals surface area (Å²) in [5.74, 6) is 0. The summed E-state index contributed by atoms with van der Waals surface area (Å²) in [6, 6.07) is 6.98. The normalized spacial score (nSPS) is 20.2. The highest BCUT2D eigenvalue weighted by molar-refractivity contribution is 6.74. The first-order chi connectivity index (χ1) is 9.62. The fourth-order valence-electron chi connectivity index (χ4n) is 3.42. The summed E-state index contributed by atoms with van der Waals surface area (Å²) < 4.78 is 0. The average molecular weight is 280 g/mol. The van der Waals surface area contributed by atoms with Crippen LogP contribution in [0.3, 0.4) is 0 Å². The number of benzene rings is 1. The molecule has 1 fully saturated rings. The van der Waals surface area contributed by atoms with Gasteiger partial charge in [-0.3, -0.25) is 0 Å². The molecule has 0 amide bonds. The van der Waals surface area contributed by atoms with Gasteiger partial charge in [0.15, 0.2) is 6.71 Å². The van der Waals surface area contributed by atoms with E-state index in [1.807, 2.05) is 6.92 Å². The van der Waals surface area contributed by atoms with Gasteiger partial charge in [0.25, 0.3) is 0 Å². The zero-order valence-corrected chi connectivity index (χ0v) is 14.6. The molecule has 1 heteroatoms. The van der Waals surface area contributed by atoms with Gasteiger partial charge in [-0.05, 0) is 35.8 Å². The van der Waals surface area contributed by atoms with Gasteiger partial charge in [0.05, 0.1) is 0 Å². The summed E-state index contributed by atoms with van der Waals surface area (Å²) in [5.41, 5.74) is 6.10. The fourth-order valence-corrected chi connectivity index (χ4v) is 3.42. The van der Waals surface area contributed by atoms with Crippen molar-refractivity contribution in [2.45, 2.75) is 54.2 Å². The Labute approximate surface area is 131 Å². The van der Waals surface area contributed by atoms with E-state index in [0.717, 1.165) is 5.57 Å². The van der Waals surface area contributed by atoms with Crippen molar-refractivity contribution >= 4 is 18.3 Å². The fraction of sp³-hybridized carbons (Fsp3) is 0.500. The number of rotatable bonds is 3. The minimum Gasteiger partial charge on any atom is -0.0961 e. The molecule has 1 heterocycles. The van der Waals surface area contributed by atoms with Crippen molar-refractivity contribution in [3.63, 3.8) is 0 Å². The van der Waals surface area contributed by atoms with Crippen LogP contribution in [-0.2, 0) is 0 Å². The van der Waals surface area contributed by atoms with Crippen LogP contribution in [0.2, 0.25) is 12.6 Å². The van der Waals surface area contributed by atoms with Gasteiger partial charge in [-0.25, -0.2) is 0 Å². The lowest BCUT2D eigenvalue weighted by Crippen LogP contribution is -2.28. The Hall–Kier alpha value is -1.24. The van der Waals surface area contributed by atoms with E-state index < -0.39 is 0 Å². The Kier molecular flexibility index (Phi) is 4.24. The summed E-state index contributed by atoms with van der Waals surface area (Å²) >= 11 is 0. The van der Waals surface area contributed by atoms with Crippen LogP contribution < -0.4 is 5.46 Å². The van der Waals surface area contributed by atoms with E-state index in [4.69, 9.17) is 0 Å². The van der Waals surface area contributed by atoms with E-state index in [2.05, 4.69) is 71.5 Å². The van der Waals surface area contributed by atoms with Crippen molar-refractivity contribution in [1.29, 1.82) is 0 Å². The van der Waals surface area contributed by atoms with E-state index >= 15 is 0 Å². The largest absolute Gasteiger partial charge is 0.176 e. The summed E-state index contributed by atoms with van der Waals surface area (Å²) in [6.45, 7) is 18.5. The van der Waals surface area contributed by atoms with Crippen LogP contribution in [0.15, 0.2) is 36.4 Å². The lowest BCUT2D eigenvalue weighted by Gasteiger charge is -2.35. The van der Waals surface area contributed by atoms with Crippen molar-refractivity contribution in [3.8, 4) is 0 Å². The van der Waals surface area contributed by atoms with Gasteiger partial charge in [0, 0.05) is 0 Å². The van der Waals surface area contributed by atoms with Crippen molar-refractivity contribution in [1.82, 2.24) is 0 Å². The zero-order valence-electron chi connectivity index (χ0n) is 14.6. The Morgan fingerprint density at radius 2 is 1.71 bits per heavy atom. The quantitative estimate of drug-likeness (QED) is 0.517. The summed E-state index contributed by atoms with van der Waals surface area (Å²) in [6.07, 6.45) is 6.88. The van der Waals surface area contributed by atoms with Gasteiger partial charge in [-0.2, -0.15) is 0 Å². The first-order valence-electron chi connectivity index (χ1n) is 8.06. The second kappa shape index (κ2) is 5.52. The molecule has 2 rings (SSSR count). The van der Waals surface area contributed by atoms with Crippen LogP contribution in [-0.4, -0.2) is 6.71 Å². The Morgan fingerprint density at radius 3 is 2.24 bits per heavy atom. The molecule has 1 aromatic carbocycles. The Bertz CT molecular complexity index is 560. The molecule has 0 aromatic heterocycles. The number of allylic oxidation sites excluding steroid dienone is 2. The highest BCUT2D eigenvalue weighted by Crippen LogP contribution is 2.52. The number of aryl methyl sites for hydroxylation is 1. The lowest BCUT2D eigenvalue weighted by atomic mass is 9.42. The molecule has 0 saturated carbocycles. The van der Waals surface area contributed by atoms with Crippen molar-refractivity contribution in [2.24, 2.45) is 10.8 Å². The molecule has 0 radical (unpaired) electrons. The highest BCUT2D eigenvalue weighted by atomic mass is 14.4. The van der Waals surface area contributed by atoms with E-state index in [9.17, 15) is 0 Å². The number of hydrogen-bond acceptors (Lipinski definition) is 0. The molecule has 1 aliphatic heterocycles. The lowest BCUT2D eigenvalue weighted by molar-refractivity contribution is 0.177. The Balaban J connectivity index is 2.30. The summed E-state index contributed by atoms with van der Waals surface area (Å²) in [7, 11) is 0. The standard InChI is InChI=1S/C20H29B/c1-15(2)8-10-17-12-18(11-9-16(17)3)21-13-19(4,5)20(6,7)14-21/h8-12H,1,13-14H2,2-7H3/b10-8-. The van der Waals surface area contributed by atoms with Gasteiger partial charge in [-0.1, -0.05) is 88.3 Å². The maximum Gasteiger partial charge on any atom is 0.176 e. The van der Waals surface area contributed by atoms with Crippen LogP contribution in [0.1, 0.15) is 45.7 Å². The molecule has 0 atom stereocenters. The molecule has 0 unspecified atom stereocenters. The predicted molar refractivity (Wildman–Crippen MR) is 97.6 cm³/mol. The average Bonchev–Trinajstić information content (AvgIpc) is 2.57. The van der Waals surface area contributed by atoms with Crippen LogP contribution in [0.5, 0.6) is 0 Å². The molecule has 1 aliphatic rings. The Morgan fingerprint density at radius 1 is 1.14 bits per heavy atom. The number of hydrogen-bond donors (Lipinski definition) is 0. The minimum atomic E-state index is 0.413. The van der Waals surface area contributed by atoms with E-state index in [-0.39, 0.29) is 0 Å². The molecule has 0 nitrogen and oxygen atoms in total. The third-order valence-corrected chi connectivity index (χ3v) is 5.67. The third-order valence-electron chi connectivity index (χ3n) is 5.67. The molecule has 0 spiro atoms. The molecular weight excluding hydrogens is 251 g/mol. The van der Waals surface area contributed by atoms with Crippen LogP contribution in [0.4, 0.5) is 0 Å². The molecule has 0 aliphatic carbocycles. The summed E-state index contributed by atoms with van der Waals surface area (Å²) in [5, 5.41) is 0. The van der Waals surface area contributed by atoms with Gasteiger partial charge in [0.1, 0.15) is 0 Å². The predicted octanol–water partition coefficient (Wildman–Crippen LogP) is 5.35. The molecule has 21 heavy (non-hydrogen) atoms. The van der Waals surface area contributed by atoms with Gasteiger partial charge in [0.2, 0.25) is 0 Å². The second-order valence-electron chi connectivity index (χ2n) is 8.17. The van der Waals surface area contributed by atoms with Gasteiger partial charge in [-0.15, -0.1) is 0 Å². The van der Waals surface area contributed by atoms with Crippen molar-refractivity contribution < 1.29 is 0 Å². The second-order valence-corrected chi connectivity index (χ2v) is 8.17. The summed E-state index contributed by atoms with van der Waals surface area (Å²) in [4.78, 5) is 0. The maximum absolute atomic E-state index is 3.95. The molecule has 0 bridgehead atoms. The van der Waals surface area contributed by atoms with Gasteiger partial charge < -0.3 is 0 Å². The molecule has 1 saturated heterocycles. The topological polar surface area (TPSA) is 0 Å². The van der Waals surface area contributed by atoms with E-state index in [1.165, 1.54) is 29.2 Å². The maximum atomic E-state index is 3.95. The third kappa shape index (κ3) is 3.34. The molecule has 1 aromatic rings. The molecule has 112 valence electrons.